The third-order valence-electron chi connectivity index (χ3n) is 3.05. The van der Waals surface area contributed by atoms with E-state index in [4.69, 9.17) is 4.74 Å². The van der Waals surface area contributed by atoms with E-state index in [9.17, 15) is 0 Å². The van der Waals surface area contributed by atoms with Crippen LogP contribution in [0.5, 0.6) is 0 Å². The number of fused-ring (bicyclic) bond motifs is 1. The monoisotopic (exact) mass is 230 g/mol. The van der Waals surface area contributed by atoms with Gasteiger partial charge >= 0.3 is 0 Å². The lowest BCUT2D eigenvalue weighted by atomic mass is 10.2. The quantitative estimate of drug-likeness (QED) is 0.849. The average Bonchev–Trinajstić information content (AvgIpc) is 2.75. The summed E-state index contributed by atoms with van der Waals surface area (Å²) in [6.07, 6.45) is 1.18. The molecule has 0 bridgehead atoms. The maximum absolute atomic E-state index is 5.49. The Morgan fingerprint density at radius 2 is 2.06 bits per heavy atom. The van der Waals surface area contributed by atoms with Gasteiger partial charge in [-0.15, -0.1) is 10.2 Å². The fraction of sp³-hybridized carbons (Fsp3) is 0.417. The smallest absolute Gasteiger partial charge is 0.243 e. The molecule has 2 aromatic rings. The average molecular weight is 230 g/mol. The van der Waals surface area contributed by atoms with E-state index in [1.165, 1.54) is 0 Å². The number of anilines is 1. The van der Waals surface area contributed by atoms with E-state index < -0.39 is 0 Å². The van der Waals surface area contributed by atoms with Crippen LogP contribution in [0.4, 0.5) is 5.95 Å². The van der Waals surface area contributed by atoms with Gasteiger partial charge in [0.25, 0.3) is 0 Å². The largest absolute Gasteiger partial charge is 0.376 e. The van der Waals surface area contributed by atoms with Crippen molar-refractivity contribution in [1.29, 1.82) is 0 Å². The molecule has 1 aromatic carbocycles. The lowest BCUT2D eigenvalue weighted by Crippen LogP contribution is -2.27. The van der Waals surface area contributed by atoms with Gasteiger partial charge in [-0.1, -0.05) is 12.1 Å². The minimum atomic E-state index is 0.199. The lowest BCUT2D eigenvalue weighted by molar-refractivity contribution is 0.121. The summed E-state index contributed by atoms with van der Waals surface area (Å²) in [6.45, 7) is 2.85. The van der Waals surface area contributed by atoms with Crippen LogP contribution in [-0.4, -0.2) is 33.9 Å². The van der Waals surface area contributed by atoms with Crippen LogP contribution in [-0.2, 0) is 4.74 Å². The van der Waals surface area contributed by atoms with Crippen molar-refractivity contribution in [2.24, 2.45) is 0 Å². The summed E-state index contributed by atoms with van der Waals surface area (Å²) in [5.41, 5.74) is 1.67. The Bertz CT molecular complexity index is 531. The van der Waals surface area contributed by atoms with Crippen LogP contribution in [0.1, 0.15) is 13.3 Å². The molecule has 1 fully saturated rings. The van der Waals surface area contributed by atoms with Crippen molar-refractivity contribution in [3.05, 3.63) is 24.3 Å². The molecule has 17 heavy (non-hydrogen) atoms. The van der Waals surface area contributed by atoms with E-state index >= 15 is 0 Å². The number of para-hydroxylation sites is 1. The van der Waals surface area contributed by atoms with Gasteiger partial charge in [-0.25, -0.2) is 4.98 Å². The van der Waals surface area contributed by atoms with Crippen LogP contribution in [0.25, 0.3) is 11.0 Å². The Hall–Kier alpha value is -1.75. The molecule has 1 aliphatic heterocycles. The van der Waals surface area contributed by atoms with Crippen molar-refractivity contribution in [1.82, 2.24) is 15.2 Å². The number of rotatable bonds is 2. The second-order valence-corrected chi connectivity index (χ2v) is 4.24. The third-order valence-corrected chi connectivity index (χ3v) is 3.05. The molecule has 0 radical (unpaired) electrons. The van der Waals surface area contributed by atoms with Crippen molar-refractivity contribution in [2.75, 3.05) is 11.9 Å². The Balaban J connectivity index is 1.85. The predicted molar refractivity (Wildman–Crippen MR) is 64.8 cm³/mol. The maximum Gasteiger partial charge on any atom is 0.243 e. The minimum absolute atomic E-state index is 0.199. The highest BCUT2D eigenvalue weighted by Gasteiger charge is 2.24. The van der Waals surface area contributed by atoms with Crippen LogP contribution < -0.4 is 5.32 Å². The van der Waals surface area contributed by atoms with Crippen molar-refractivity contribution in [3.63, 3.8) is 0 Å². The number of aromatic nitrogens is 3. The summed E-state index contributed by atoms with van der Waals surface area (Å²) in [7, 11) is 0. The molecule has 2 heterocycles. The molecule has 1 aromatic heterocycles. The van der Waals surface area contributed by atoms with Crippen molar-refractivity contribution < 1.29 is 4.74 Å². The fourth-order valence-electron chi connectivity index (χ4n) is 2.03. The van der Waals surface area contributed by atoms with Crippen LogP contribution in [0.15, 0.2) is 24.3 Å². The lowest BCUT2D eigenvalue weighted by Gasteiger charge is -2.15. The molecule has 0 amide bonds. The van der Waals surface area contributed by atoms with Gasteiger partial charge in [0.05, 0.1) is 17.7 Å². The van der Waals surface area contributed by atoms with Crippen molar-refractivity contribution >= 4 is 17.0 Å². The van der Waals surface area contributed by atoms with Crippen LogP contribution in [0, 0.1) is 0 Å². The number of hydrogen-bond acceptors (Lipinski definition) is 5. The molecule has 88 valence electrons. The van der Waals surface area contributed by atoms with Crippen molar-refractivity contribution in [2.45, 2.75) is 25.5 Å². The van der Waals surface area contributed by atoms with E-state index in [0.717, 1.165) is 24.1 Å². The third kappa shape index (κ3) is 2.06. The van der Waals surface area contributed by atoms with Gasteiger partial charge in [0.2, 0.25) is 5.95 Å². The zero-order valence-electron chi connectivity index (χ0n) is 9.63. The Kier molecular flexibility index (Phi) is 2.60. The SMILES string of the molecule is CC1OCCC1Nc1nnc2ccccc2n1. The van der Waals surface area contributed by atoms with E-state index in [0.29, 0.717) is 5.95 Å². The molecule has 0 spiro atoms. The topological polar surface area (TPSA) is 59.9 Å². The van der Waals surface area contributed by atoms with Gasteiger partial charge in [0.15, 0.2) is 0 Å². The molecule has 0 saturated carbocycles. The minimum Gasteiger partial charge on any atom is -0.376 e. The molecule has 2 atom stereocenters. The zero-order valence-corrected chi connectivity index (χ0v) is 9.63. The van der Waals surface area contributed by atoms with Crippen LogP contribution in [0.2, 0.25) is 0 Å². The number of nitrogens with zero attached hydrogens (tertiary/aromatic N) is 3. The normalized spacial score (nSPS) is 24.1. The Morgan fingerprint density at radius 3 is 2.82 bits per heavy atom. The standard InChI is InChI=1S/C12H14N4O/c1-8-9(6-7-17-8)13-12-14-10-4-2-3-5-11(10)15-16-12/h2-5,8-9H,6-7H2,1H3,(H,13,14,16). The Morgan fingerprint density at radius 1 is 1.24 bits per heavy atom. The van der Waals surface area contributed by atoms with Gasteiger partial charge in [0, 0.05) is 6.61 Å². The van der Waals surface area contributed by atoms with Crippen molar-refractivity contribution in [3.8, 4) is 0 Å². The van der Waals surface area contributed by atoms with Gasteiger partial charge in [0.1, 0.15) is 5.52 Å². The number of benzene rings is 1. The summed E-state index contributed by atoms with van der Waals surface area (Å²) >= 11 is 0. The van der Waals surface area contributed by atoms with Gasteiger partial charge in [-0.05, 0) is 25.5 Å². The molecule has 2 unspecified atom stereocenters. The highest BCUT2D eigenvalue weighted by molar-refractivity contribution is 5.74. The first-order valence-corrected chi connectivity index (χ1v) is 5.80. The first-order valence-electron chi connectivity index (χ1n) is 5.80. The summed E-state index contributed by atoms with van der Waals surface area (Å²) in [6, 6.07) is 7.99. The summed E-state index contributed by atoms with van der Waals surface area (Å²) in [5.74, 6) is 0.575. The highest BCUT2D eigenvalue weighted by Crippen LogP contribution is 2.17. The number of nitrogens with one attached hydrogen (secondary N) is 1. The summed E-state index contributed by atoms with van der Waals surface area (Å²) in [5, 5.41) is 11.5. The molecule has 0 aliphatic carbocycles. The second kappa shape index (κ2) is 4.25. The molecule has 5 nitrogen and oxygen atoms in total. The van der Waals surface area contributed by atoms with E-state index in [1.807, 2.05) is 24.3 Å². The predicted octanol–water partition coefficient (Wildman–Crippen LogP) is 1.61. The first-order chi connectivity index (χ1) is 8.33. The summed E-state index contributed by atoms with van der Waals surface area (Å²) < 4.78 is 5.49. The van der Waals surface area contributed by atoms with E-state index in [2.05, 4.69) is 27.4 Å². The summed E-state index contributed by atoms with van der Waals surface area (Å²) in [4.78, 5) is 4.43. The highest BCUT2D eigenvalue weighted by atomic mass is 16.5. The van der Waals surface area contributed by atoms with E-state index in [1.54, 1.807) is 0 Å². The van der Waals surface area contributed by atoms with Crippen LogP contribution >= 0.6 is 0 Å². The fourth-order valence-corrected chi connectivity index (χ4v) is 2.03. The van der Waals surface area contributed by atoms with Crippen LogP contribution in [0.3, 0.4) is 0 Å². The van der Waals surface area contributed by atoms with E-state index in [-0.39, 0.29) is 12.1 Å². The van der Waals surface area contributed by atoms with Gasteiger partial charge in [-0.3, -0.25) is 0 Å². The van der Waals surface area contributed by atoms with Gasteiger partial charge < -0.3 is 10.1 Å². The molecular formula is C12H14N4O. The number of hydrogen-bond donors (Lipinski definition) is 1. The maximum atomic E-state index is 5.49. The zero-order chi connectivity index (χ0) is 11.7. The number of ether oxygens (including phenoxy) is 1. The molecule has 1 aliphatic rings. The molecule has 3 rings (SSSR count). The molecular weight excluding hydrogens is 216 g/mol. The first kappa shape index (κ1) is 10.4. The molecule has 5 heteroatoms. The molecule has 1 N–H and O–H groups in total. The second-order valence-electron chi connectivity index (χ2n) is 4.24. The Labute approximate surface area is 99.2 Å². The van der Waals surface area contributed by atoms with Gasteiger partial charge in [-0.2, -0.15) is 0 Å². The molecule has 1 saturated heterocycles.